The predicted molar refractivity (Wildman–Crippen MR) is 73.4 cm³/mol. The molecule has 0 saturated carbocycles. The van der Waals surface area contributed by atoms with Gasteiger partial charge >= 0.3 is 5.97 Å². The van der Waals surface area contributed by atoms with E-state index in [2.05, 4.69) is 4.98 Å². The summed E-state index contributed by atoms with van der Waals surface area (Å²) < 4.78 is 0. The van der Waals surface area contributed by atoms with Gasteiger partial charge in [-0.2, -0.15) is 0 Å². The number of nitrogens with zero attached hydrogens (tertiary/aromatic N) is 1. The lowest BCUT2D eigenvalue weighted by Crippen LogP contribution is -1.99. The molecule has 1 aromatic carbocycles. The molecule has 1 N–H and O–H groups in total. The fourth-order valence-corrected chi connectivity index (χ4v) is 2.16. The van der Waals surface area contributed by atoms with E-state index in [1.165, 1.54) is 6.07 Å². The molecule has 0 spiro atoms. The van der Waals surface area contributed by atoms with Gasteiger partial charge < -0.3 is 5.11 Å². The lowest BCUT2D eigenvalue weighted by atomic mass is 10.1. The molecule has 0 amide bonds. The highest BCUT2D eigenvalue weighted by Gasteiger charge is 2.11. The topological polar surface area (TPSA) is 50.2 Å². The van der Waals surface area contributed by atoms with Gasteiger partial charge in [0.15, 0.2) is 0 Å². The van der Waals surface area contributed by atoms with Crippen molar-refractivity contribution in [2.24, 2.45) is 0 Å². The number of pyridine rings is 1. The highest BCUT2D eigenvalue weighted by molar-refractivity contribution is 7.98. The van der Waals surface area contributed by atoms with Crippen LogP contribution in [0.3, 0.4) is 0 Å². The summed E-state index contributed by atoms with van der Waals surface area (Å²) in [6, 6.07) is 11.0. The van der Waals surface area contributed by atoms with Crippen LogP contribution in [0.2, 0.25) is 5.15 Å². The van der Waals surface area contributed by atoms with Gasteiger partial charge in [0.25, 0.3) is 0 Å². The highest BCUT2D eigenvalue weighted by atomic mass is 35.5. The van der Waals surface area contributed by atoms with E-state index in [-0.39, 0.29) is 10.7 Å². The van der Waals surface area contributed by atoms with Crippen molar-refractivity contribution in [3.05, 3.63) is 47.1 Å². The summed E-state index contributed by atoms with van der Waals surface area (Å²) in [5.74, 6) is -1.07. The van der Waals surface area contributed by atoms with Crippen molar-refractivity contribution in [2.45, 2.75) is 4.90 Å². The number of hydrogen-bond donors (Lipinski definition) is 1. The maximum atomic E-state index is 10.8. The van der Waals surface area contributed by atoms with E-state index in [9.17, 15) is 4.79 Å². The van der Waals surface area contributed by atoms with Crippen molar-refractivity contribution in [1.82, 2.24) is 4.98 Å². The summed E-state index contributed by atoms with van der Waals surface area (Å²) >= 11 is 7.49. The molecule has 0 saturated heterocycles. The van der Waals surface area contributed by atoms with Crippen molar-refractivity contribution < 1.29 is 9.90 Å². The molecule has 0 bridgehead atoms. The zero-order valence-electron chi connectivity index (χ0n) is 9.55. The number of hydrogen-bond acceptors (Lipinski definition) is 3. The molecule has 3 nitrogen and oxygen atoms in total. The van der Waals surface area contributed by atoms with E-state index in [1.807, 2.05) is 30.5 Å². The summed E-state index contributed by atoms with van der Waals surface area (Å²) in [5, 5.41) is 8.88. The number of aromatic carboxylic acids is 1. The third-order valence-electron chi connectivity index (χ3n) is 2.46. The molecule has 0 aliphatic carbocycles. The zero-order chi connectivity index (χ0) is 13.1. The van der Waals surface area contributed by atoms with Crippen LogP contribution in [0.25, 0.3) is 11.3 Å². The molecule has 0 fully saturated rings. The van der Waals surface area contributed by atoms with Crippen LogP contribution in [0.1, 0.15) is 10.4 Å². The van der Waals surface area contributed by atoms with Crippen molar-refractivity contribution >= 4 is 29.3 Å². The summed E-state index contributed by atoms with van der Waals surface area (Å²) in [7, 11) is 0. The van der Waals surface area contributed by atoms with Gasteiger partial charge in [0.05, 0.1) is 11.3 Å². The fraction of sp³-hybridized carbons (Fsp3) is 0.0769. The Morgan fingerprint density at radius 1 is 1.22 bits per heavy atom. The molecular weight excluding hydrogens is 270 g/mol. The molecule has 0 unspecified atom stereocenters. The predicted octanol–water partition coefficient (Wildman–Crippen LogP) is 3.82. The Hall–Kier alpha value is -1.52. The van der Waals surface area contributed by atoms with Gasteiger partial charge in [-0.25, -0.2) is 9.78 Å². The SMILES string of the molecule is CSc1ccc(-c2ccc(C(=O)O)c(Cl)n2)cc1. The Balaban J connectivity index is 2.39. The van der Waals surface area contributed by atoms with Gasteiger partial charge in [-0.1, -0.05) is 23.7 Å². The quantitative estimate of drug-likeness (QED) is 0.685. The molecule has 0 aliphatic heterocycles. The number of carboxylic acids is 1. The number of carboxylic acid groups (broad SMARTS) is 1. The first-order valence-electron chi connectivity index (χ1n) is 5.16. The third kappa shape index (κ3) is 2.66. The van der Waals surface area contributed by atoms with Crippen LogP contribution in [0.15, 0.2) is 41.3 Å². The molecular formula is C13H10ClNO2S. The maximum absolute atomic E-state index is 10.8. The van der Waals surface area contributed by atoms with Crippen LogP contribution in [-0.4, -0.2) is 22.3 Å². The summed E-state index contributed by atoms with van der Waals surface area (Å²) in [6.45, 7) is 0. The molecule has 1 heterocycles. The Bertz CT molecular complexity index is 584. The van der Waals surface area contributed by atoms with E-state index in [1.54, 1.807) is 17.8 Å². The van der Waals surface area contributed by atoms with Gasteiger partial charge in [0, 0.05) is 10.5 Å². The number of halogens is 1. The molecule has 2 aromatic rings. The highest BCUT2D eigenvalue weighted by Crippen LogP contribution is 2.24. The van der Waals surface area contributed by atoms with Crippen LogP contribution in [-0.2, 0) is 0 Å². The summed E-state index contributed by atoms with van der Waals surface area (Å²) in [6.07, 6.45) is 2.01. The Labute approximate surface area is 114 Å². The van der Waals surface area contributed by atoms with Crippen LogP contribution in [0.5, 0.6) is 0 Å². The number of carbonyl (C=O) groups is 1. The summed E-state index contributed by atoms with van der Waals surface area (Å²) in [4.78, 5) is 16.1. The van der Waals surface area contributed by atoms with Crippen molar-refractivity contribution in [3.8, 4) is 11.3 Å². The Morgan fingerprint density at radius 3 is 2.39 bits per heavy atom. The minimum Gasteiger partial charge on any atom is -0.478 e. The van der Waals surface area contributed by atoms with E-state index < -0.39 is 5.97 Å². The first-order chi connectivity index (χ1) is 8.61. The first kappa shape index (κ1) is 12.9. The van der Waals surface area contributed by atoms with Crippen LogP contribution >= 0.6 is 23.4 Å². The van der Waals surface area contributed by atoms with Crippen LogP contribution < -0.4 is 0 Å². The van der Waals surface area contributed by atoms with Gasteiger partial charge in [-0.05, 0) is 30.5 Å². The number of aromatic nitrogens is 1. The average Bonchev–Trinajstić information content (AvgIpc) is 2.38. The van der Waals surface area contributed by atoms with E-state index in [4.69, 9.17) is 16.7 Å². The van der Waals surface area contributed by atoms with Gasteiger partial charge in [-0.15, -0.1) is 11.8 Å². The normalized spacial score (nSPS) is 10.3. The van der Waals surface area contributed by atoms with E-state index in [0.717, 1.165) is 10.5 Å². The maximum Gasteiger partial charge on any atom is 0.338 e. The standard InChI is InChI=1S/C13H10ClNO2S/c1-18-9-4-2-8(3-5-9)11-7-6-10(13(16)17)12(14)15-11/h2-7H,1H3,(H,16,17). The lowest BCUT2D eigenvalue weighted by Gasteiger charge is -2.04. The minimum absolute atomic E-state index is 0.00828. The number of thioether (sulfide) groups is 1. The molecule has 18 heavy (non-hydrogen) atoms. The van der Waals surface area contributed by atoms with Crippen molar-refractivity contribution in [2.75, 3.05) is 6.26 Å². The molecule has 5 heteroatoms. The Kier molecular flexibility index (Phi) is 3.89. The first-order valence-corrected chi connectivity index (χ1v) is 6.76. The largest absolute Gasteiger partial charge is 0.478 e. The second-order valence-electron chi connectivity index (χ2n) is 3.57. The third-order valence-corrected chi connectivity index (χ3v) is 3.50. The van der Waals surface area contributed by atoms with E-state index in [0.29, 0.717) is 5.69 Å². The van der Waals surface area contributed by atoms with Gasteiger partial charge in [-0.3, -0.25) is 0 Å². The molecule has 0 atom stereocenters. The number of benzene rings is 1. The molecule has 0 radical (unpaired) electrons. The number of rotatable bonds is 3. The van der Waals surface area contributed by atoms with Gasteiger partial charge in [0.1, 0.15) is 5.15 Å². The smallest absolute Gasteiger partial charge is 0.338 e. The second-order valence-corrected chi connectivity index (χ2v) is 4.81. The Morgan fingerprint density at radius 2 is 1.89 bits per heavy atom. The van der Waals surface area contributed by atoms with Crippen molar-refractivity contribution in [1.29, 1.82) is 0 Å². The second kappa shape index (κ2) is 5.42. The summed E-state index contributed by atoms with van der Waals surface area (Å²) in [5.41, 5.74) is 1.59. The lowest BCUT2D eigenvalue weighted by molar-refractivity contribution is 0.0696. The fourth-order valence-electron chi connectivity index (χ4n) is 1.52. The molecule has 0 aliphatic rings. The van der Waals surface area contributed by atoms with Crippen LogP contribution in [0.4, 0.5) is 0 Å². The van der Waals surface area contributed by atoms with Crippen molar-refractivity contribution in [3.63, 3.8) is 0 Å². The molecule has 92 valence electrons. The monoisotopic (exact) mass is 279 g/mol. The average molecular weight is 280 g/mol. The zero-order valence-corrected chi connectivity index (χ0v) is 11.1. The van der Waals surface area contributed by atoms with E-state index >= 15 is 0 Å². The van der Waals surface area contributed by atoms with Crippen LogP contribution in [0, 0.1) is 0 Å². The molecule has 2 rings (SSSR count). The van der Waals surface area contributed by atoms with Gasteiger partial charge in [0.2, 0.25) is 0 Å². The minimum atomic E-state index is -1.07. The molecule has 1 aromatic heterocycles.